The van der Waals surface area contributed by atoms with E-state index in [0.717, 1.165) is 10.8 Å². The van der Waals surface area contributed by atoms with E-state index >= 15 is 0 Å². The summed E-state index contributed by atoms with van der Waals surface area (Å²) in [5.74, 6) is -1.37. The van der Waals surface area contributed by atoms with Gasteiger partial charge in [0.05, 0.1) is 0 Å². The summed E-state index contributed by atoms with van der Waals surface area (Å²) in [6.45, 7) is 1.57. The molecule has 0 aliphatic rings. The maximum Gasteiger partial charge on any atom is 0.303 e. The van der Waals surface area contributed by atoms with Gasteiger partial charge in [0.1, 0.15) is 5.75 Å². The number of nitrogens with one attached hydrogen (secondary N) is 2. The summed E-state index contributed by atoms with van der Waals surface area (Å²) in [5.41, 5.74) is 4.51. The Morgan fingerprint density at radius 1 is 1.04 bits per heavy atom. The number of aliphatic carboxylic acids is 1. The third-order valence-electron chi connectivity index (χ3n) is 3.52. The third-order valence-corrected chi connectivity index (χ3v) is 3.52. The lowest BCUT2D eigenvalue weighted by molar-refractivity contribution is -0.137. The number of carboxylic acid groups (broad SMARTS) is 1. The van der Waals surface area contributed by atoms with Crippen LogP contribution in [-0.4, -0.2) is 29.0 Å². The quantitative estimate of drug-likeness (QED) is 0.667. The Hall–Kier alpha value is -3.09. The van der Waals surface area contributed by atoms with Gasteiger partial charge in [-0.15, -0.1) is 0 Å². The normalized spacial score (nSPS) is 11.6. The van der Waals surface area contributed by atoms with Gasteiger partial charge in [-0.1, -0.05) is 30.3 Å². The summed E-state index contributed by atoms with van der Waals surface area (Å²) < 4.78 is 5.59. The molecule has 0 saturated carbocycles. The van der Waals surface area contributed by atoms with Crippen LogP contribution >= 0.6 is 0 Å². The number of carboxylic acids is 1. The van der Waals surface area contributed by atoms with E-state index in [4.69, 9.17) is 9.84 Å². The van der Waals surface area contributed by atoms with Gasteiger partial charge in [-0.05, 0) is 36.2 Å². The fourth-order valence-electron chi connectivity index (χ4n) is 2.19. The number of benzene rings is 2. The van der Waals surface area contributed by atoms with E-state index in [1.54, 1.807) is 13.0 Å². The summed E-state index contributed by atoms with van der Waals surface area (Å²) in [4.78, 5) is 33.8. The van der Waals surface area contributed by atoms with Crippen molar-refractivity contribution in [2.24, 2.45) is 0 Å². The van der Waals surface area contributed by atoms with Crippen molar-refractivity contribution in [2.75, 3.05) is 0 Å². The SMILES string of the molecule is C[C@H](Oc1ccc2ccccc2c1)C(=O)NNC(=O)CCCC(=O)O. The van der Waals surface area contributed by atoms with Crippen molar-refractivity contribution in [1.82, 2.24) is 10.9 Å². The second kappa shape index (κ2) is 8.68. The first-order valence-corrected chi connectivity index (χ1v) is 7.91. The predicted molar refractivity (Wildman–Crippen MR) is 91.8 cm³/mol. The Bertz CT molecular complexity index is 775. The Kier molecular flexibility index (Phi) is 6.33. The number of carbonyl (C=O) groups is 3. The van der Waals surface area contributed by atoms with E-state index in [0.29, 0.717) is 5.75 Å². The lowest BCUT2D eigenvalue weighted by atomic mass is 10.1. The molecule has 2 aromatic rings. The van der Waals surface area contributed by atoms with E-state index in [-0.39, 0.29) is 19.3 Å². The minimum absolute atomic E-state index is 0.0203. The molecule has 0 aliphatic carbocycles. The van der Waals surface area contributed by atoms with Gasteiger partial charge in [0, 0.05) is 12.8 Å². The monoisotopic (exact) mass is 344 g/mol. The molecule has 132 valence electrons. The molecule has 0 unspecified atom stereocenters. The molecule has 25 heavy (non-hydrogen) atoms. The molecule has 7 heteroatoms. The molecule has 0 radical (unpaired) electrons. The van der Waals surface area contributed by atoms with Gasteiger partial charge in [-0.25, -0.2) is 0 Å². The minimum Gasteiger partial charge on any atom is -0.481 e. The Morgan fingerprint density at radius 3 is 2.48 bits per heavy atom. The van der Waals surface area contributed by atoms with Crippen LogP contribution in [-0.2, 0) is 14.4 Å². The summed E-state index contributed by atoms with van der Waals surface area (Å²) in [6, 6.07) is 13.3. The molecule has 0 bridgehead atoms. The van der Waals surface area contributed by atoms with Crippen molar-refractivity contribution in [3.63, 3.8) is 0 Å². The molecule has 0 aliphatic heterocycles. The van der Waals surface area contributed by atoms with Crippen LogP contribution in [0.15, 0.2) is 42.5 Å². The van der Waals surface area contributed by atoms with Gasteiger partial charge in [-0.3, -0.25) is 25.2 Å². The van der Waals surface area contributed by atoms with E-state index in [2.05, 4.69) is 10.9 Å². The number of hydrogen-bond donors (Lipinski definition) is 3. The first-order valence-electron chi connectivity index (χ1n) is 7.91. The smallest absolute Gasteiger partial charge is 0.303 e. The van der Waals surface area contributed by atoms with E-state index < -0.39 is 23.9 Å². The topological polar surface area (TPSA) is 105 Å². The molecular formula is C18H20N2O5. The maximum absolute atomic E-state index is 12.0. The number of hydrazine groups is 1. The first-order chi connectivity index (χ1) is 12.0. The summed E-state index contributed by atoms with van der Waals surface area (Å²) in [6.07, 6.45) is -0.671. The molecule has 0 heterocycles. The Labute approximate surface area is 144 Å². The predicted octanol–water partition coefficient (Wildman–Crippen LogP) is 2.01. The van der Waals surface area contributed by atoms with E-state index in [9.17, 15) is 14.4 Å². The van der Waals surface area contributed by atoms with E-state index in [1.165, 1.54) is 0 Å². The van der Waals surface area contributed by atoms with Crippen LogP contribution in [0.5, 0.6) is 5.75 Å². The lowest BCUT2D eigenvalue weighted by Gasteiger charge is -2.15. The lowest BCUT2D eigenvalue weighted by Crippen LogP contribution is -2.47. The van der Waals surface area contributed by atoms with Crippen LogP contribution in [0.1, 0.15) is 26.2 Å². The van der Waals surface area contributed by atoms with Crippen LogP contribution in [0, 0.1) is 0 Å². The molecule has 3 N–H and O–H groups in total. The second-order valence-corrected chi connectivity index (χ2v) is 5.55. The number of hydrogen-bond acceptors (Lipinski definition) is 4. The van der Waals surface area contributed by atoms with Gasteiger partial charge in [0.15, 0.2) is 6.10 Å². The second-order valence-electron chi connectivity index (χ2n) is 5.55. The fraction of sp³-hybridized carbons (Fsp3) is 0.278. The van der Waals surface area contributed by atoms with E-state index in [1.807, 2.05) is 36.4 Å². The molecule has 0 fully saturated rings. The molecule has 2 aromatic carbocycles. The Balaban J connectivity index is 1.80. The first kappa shape index (κ1) is 18.3. The number of fused-ring (bicyclic) bond motifs is 1. The van der Waals surface area contributed by atoms with Gasteiger partial charge in [-0.2, -0.15) is 0 Å². The molecule has 7 nitrogen and oxygen atoms in total. The Morgan fingerprint density at radius 2 is 1.76 bits per heavy atom. The van der Waals surface area contributed by atoms with Crippen molar-refractivity contribution < 1.29 is 24.2 Å². The molecule has 2 rings (SSSR count). The summed E-state index contributed by atoms with van der Waals surface area (Å²) in [5, 5.41) is 10.6. The van der Waals surface area contributed by atoms with Crippen LogP contribution in [0.25, 0.3) is 10.8 Å². The zero-order chi connectivity index (χ0) is 18.2. The van der Waals surface area contributed by atoms with Gasteiger partial charge < -0.3 is 9.84 Å². The van der Waals surface area contributed by atoms with Crippen LogP contribution in [0.4, 0.5) is 0 Å². The summed E-state index contributed by atoms with van der Waals surface area (Å²) >= 11 is 0. The highest BCUT2D eigenvalue weighted by Crippen LogP contribution is 2.21. The van der Waals surface area contributed by atoms with Crippen molar-refractivity contribution in [3.8, 4) is 5.75 Å². The molecule has 0 aromatic heterocycles. The number of ether oxygens (including phenoxy) is 1. The highest BCUT2D eigenvalue weighted by molar-refractivity contribution is 5.86. The average molecular weight is 344 g/mol. The maximum atomic E-state index is 12.0. The van der Waals surface area contributed by atoms with Gasteiger partial charge in [0.2, 0.25) is 5.91 Å². The highest BCUT2D eigenvalue weighted by atomic mass is 16.5. The highest BCUT2D eigenvalue weighted by Gasteiger charge is 2.15. The fourth-order valence-corrected chi connectivity index (χ4v) is 2.19. The molecule has 2 amide bonds. The van der Waals surface area contributed by atoms with Crippen molar-refractivity contribution in [3.05, 3.63) is 42.5 Å². The number of amides is 2. The van der Waals surface area contributed by atoms with Crippen LogP contribution in [0.3, 0.4) is 0 Å². The average Bonchev–Trinajstić information content (AvgIpc) is 2.59. The largest absolute Gasteiger partial charge is 0.481 e. The third kappa shape index (κ3) is 5.80. The van der Waals surface area contributed by atoms with Crippen LogP contribution < -0.4 is 15.6 Å². The molecule has 0 saturated heterocycles. The molecule has 0 spiro atoms. The molecular weight excluding hydrogens is 324 g/mol. The van der Waals surface area contributed by atoms with Crippen molar-refractivity contribution >= 4 is 28.6 Å². The number of rotatable bonds is 7. The zero-order valence-electron chi connectivity index (χ0n) is 13.8. The standard InChI is InChI=1S/C18H20N2O5/c1-12(18(24)20-19-16(21)7-4-8-17(22)23)25-15-10-9-13-5-2-3-6-14(13)11-15/h2-3,5-6,9-12H,4,7-8H2,1H3,(H,19,21)(H,20,24)(H,22,23)/t12-/m0/s1. The summed E-state index contributed by atoms with van der Waals surface area (Å²) in [7, 11) is 0. The minimum atomic E-state index is -0.964. The van der Waals surface area contributed by atoms with Crippen LogP contribution in [0.2, 0.25) is 0 Å². The van der Waals surface area contributed by atoms with Gasteiger partial charge in [0.25, 0.3) is 5.91 Å². The number of carbonyl (C=O) groups excluding carboxylic acids is 2. The zero-order valence-corrected chi connectivity index (χ0v) is 13.8. The van der Waals surface area contributed by atoms with Crippen molar-refractivity contribution in [1.29, 1.82) is 0 Å². The van der Waals surface area contributed by atoms with Gasteiger partial charge >= 0.3 is 5.97 Å². The molecule has 1 atom stereocenters. The van der Waals surface area contributed by atoms with Crippen molar-refractivity contribution in [2.45, 2.75) is 32.3 Å².